The molecule has 0 saturated carbocycles. The van der Waals surface area contributed by atoms with Crippen LogP contribution in [0.5, 0.6) is 5.75 Å². The molecule has 1 aliphatic heterocycles. The molecule has 9 nitrogen and oxygen atoms in total. The fourth-order valence-corrected chi connectivity index (χ4v) is 4.92. The van der Waals surface area contributed by atoms with Crippen LogP contribution in [0, 0.1) is 6.92 Å². The molecule has 0 spiro atoms. The third-order valence-electron chi connectivity index (χ3n) is 5.14. The summed E-state index contributed by atoms with van der Waals surface area (Å²) in [6.07, 6.45) is 1.54. The third kappa shape index (κ3) is 6.43. The minimum Gasteiger partial charge on any atom is -0.495 e. The van der Waals surface area contributed by atoms with Crippen LogP contribution in [-0.2, 0) is 29.1 Å². The van der Waals surface area contributed by atoms with Crippen LogP contribution >= 0.6 is 0 Å². The van der Waals surface area contributed by atoms with Crippen LogP contribution in [0.2, 0.25) is 0 Å². The Labute approximate surface area is 199 Å². The fraction of sp³-hybridized carbons (Fsp3) is 0.333. The second-order valence-corrected chi connectivity index (χ2v) is 9.60. The minimum atomic E-state index is -3.80. The summed E-state index contributed by atoms with van der Waals surface area (Å²) in [4.78, 5) is 24.5. The number of carbonyl (C=O) groups excluding carboxylic acids is 2. The van der Waals surface area contributed by atoms with Gasteiger partial charge in [0.25, 0.3) is 5.91 Å². The van der Waals surface area contributed by atoms with Gasteiger partial charge in [0.2, 0.25) is 10.0 Å². The Hall–Kier alpha value is -3.21. The largest absolute Gasteiger partial charge is 0.495 e. The average molecular weight is 489 g/mol. The lowest BCUT2D eigenvalue weighted by atomic mass is 10.2. The Morgan fingerprint density at radius 3 is 2.56 bits per heavy atom. The molecule has 1 unspecified atom stereocenters. The molecule has 1 atom stereocenters. The molecule has 0 aromatic heterocycles. The van der Waals surface area contributed by atoms with Crippen molar-refractivity contribution in [1.29, 1.82) is 0 Å². The van der Waals surface area contributed by atoms with Crippen molar-refractivity contribution >= 4 is 33.7 Å². The Bertz CT molecular complexity index is 1170. The van der Waals surface area contributed by atoms with Gasteiger partial charge in [0, 0.05) is 24.9 Å². The van der Waals surface area contributed by atoms with Gasteiger partial charge >= 0.3 is 5.97 Å². The fourth-order valence-electron chi connectivity index (χ4n) is 3.32. The number of sulfonamides is 1. The van der Waals surface area contributed by atoms with Gasteiger partial charge in [0.1, 0.15) is 10.6 Å². The van der Waals surface area contributed by atoms with Crippen LogP contribution in [0.25, 0.3) is 6.08 Å². The lowest BCUT2D eigenvalue weighted by Crippen LogP contribution is -2.40. The Morgan fingerprint density at radius 1 is 1.15 bits per heavy atom. The molecule has 2 aromatic rings. The predicted octanol–water partition coefficient (Wildman–Crippen LogP) is 2.61. The average Bonchev–Trinajstić information content (AvgIpc) is 2.83. The number of benzene rings is 2. The van der Waals surface area contributed by atoms with Gasteiger partial charge in [-0.1, -0.05) is 18.2 Å². The molecule has 0 aliphatic carbocycles. The molecule has 10 heteroatoms. The number of hydrogen-bond donors (Lipinski definition) is 1. The molecular formula is C24H28N2O7S. The summed E-state index contributed by atoms with van der Waals surface area (Å²) in [6, 6.07) is 11.8. The summed E-state index contributed by atoms with van der Waals surface area (Å²) in [5.41, 5.74) is 2.05. The normalized spacial score (nSPS) is 15.6. The SMILES string of the molecule is COc1ccc(/C=C/C(=O)OC(C)C(=O)Nc2cccc(C)c2)cc1S(=O)(=O)N1CCOCC1. The Kier molecular flexibility index (Phi) is 8.43. The highest BCUT2D eigenvalue weighted by Gasteiger charge is 2.29. The number of aryl methyl sites for hydroxylation is 1. The van der Waals surface area contributed by atoms with Crippen molar-refractivity contribution in [1.82, 2.24) is 4.31 Å². The van der Waals surface area contributed by atoms with Gasteiger partial charge in [-0.15, -0.1) is 0 Å². The van der Waals surface area contributed by atoms with E-state index in [0.29, 0.717) is 24.5 Å². The maximum atomic E-state index is 13.1. The lowest BCUT2D eigenvalue weighted by molar-refractivity contribution is -0.148. The number of ether oxygens (including phenoxy) is 3. The van der Waals surface area contributed by atoms with Crippen molar-refractivity contribution < 1.29 is 32.2 Å². The van der Waals surface area contributed by atoms with Crippen molar-refractivity contribution in [2.45, 2.75) is 24.8 Å². The minimum absolute atomic E-state index is 0.00156. The molecule has 182 valence electrons. The van der Waals surface area contributed by atoms with E-state index in [1.807, 2.05) is 19.1 Å². The van der Waals surface area contributed by atoms with Gasteiger partial charge in [-0.2, -0.15) is 4.31 Å². The van der Waals surface area contributed by atoms with Crippen molar-refractivity contribution in [3.05, 3.63) is 59.7 Å². The van der Waals surface area contributed by atoms with E-state index in [1.54, 1.807) is 18.2 Å². The first kappa shape index (κ1) is 25.4. The number of methoxy groups -OCH3 is 1. The van der Waals surface area contributed by atoms with Gasteiger partial charge in [-0.3, -0.25) is 4.79 Å². The van der Waals surface area contributed by atoms with Gasteiger partial charge in [-0.25, -0.2) is 13.2 Å². The highest BCUT2D eigenvalue weighted by Crippen LogP contribution is 2.29. The predicted molar refractivity (Wildman–Crippen MR) is 127 cm³/mol. The van der Waals surface area contributed by atoms with E-state index in [-0.39, 0.29) is 23.7 Å². The number of amides is 1. The van der Waals surface area contributed by atoms with Crippen LogP contribution in [0.15, 0.2) is 53.4 Å². The van der Waals surface area contributed by atoms with E-state index in [4.69, 9.17) is 14.2 Å². The van der Waals surface area contributed by atoms with E-state index < -0.39 is 28.0 Å². The number of esters is 1. The molecule has 1 N–H and O–H groups in total. The number of nitrogens with one attached hydrogen (secondary N) is 1. The van der Waals surface area contributed by atoms with Crippen LogP contribution in [0.3, 0.4) is 0 Å². The van der Waals surface area contributed by atoms with Crippen LogP contribution in [0.4, 0.5) is 5.69 Å². The number of anilines is 1. The van der Waals surface area contributed by atoms with Gasteiger partial charge < -0.3 is 19.5 Å². The quantitative estimate of drug-likeness (QED) is 0.449. The summed E-state index contributed by atoms with van der Waals surface area (Å²) in [6.45, 7) is 4.52. The second-order valence-electron chi connectivity index (χ2n) is 7.70. The molecule has 1 amide bonds. The molecule has 1 fully saturated rings. The Balaban J connectivity index is 1.68. The van der Waals surface area contributed by atoms with Gasteiger partial charge in [-0.05, 0) is 55.3 Å². The van der Waals surface area contributed by atoms with E-state index in [9.17, 15) is 18.0 Å². The molecule has 0 radical (unpaired) electrons. The summed E-state index contributed by atoms with van der Waals surface area (Å²) in [5, 5.41) is 2.70. The maximum absolute atomic E-state index is 13.1. The Morgan fingerprint density at radius 2 is 1.88 bits per heavy atom. The molecule has 2 aromatic carbocycles. The maximum Gasteiger partial charge on any atom is 0.331 e. The number of morpholine rings is 1. The summed E-state index contributed by atoms with van der Waals surface area (Å²) < 4.78 is 43.1. The number of nitrogens with zero attached hydrogens (tertiary/aromatic N) is 1. The molecule has 3 rings (SSSR count). The molecule has 0 bridgehead atoms. The van der Waals surface area contributed by atoms with Crippen molar-refractivity contribution in [3.8, 4) is 5.75 Å². The van der Waals surface area contributed by atoms with E-state index in [2.05, 4.69) is 5.32 Å². The van der Waals surface area contributed by atoms with E-state index >= 15 is 0 Å². The van der Waals surface area contributed by atoms with Gasteiger partial charge in [0.05, 0.1) is 20.3 Å². The number of carbonyl (C=O) groups is 2. The first-order chi connectivity index (χ1) is 16.2. The highest BCUT2D eigenvalue weighted by atomic mass is 32.2. The zero-order valence-corrected chi connectivity index (χ0v) is 20.1. The van der Waals surface area contributed by atoms with Crippen LogP contribution < -0.4 is 10.1 Å². The molecule has 1 heterocycles. The standard InChI is InChI=1S/C24H28N2O7S/c1-17-5-4-6-20(15-17)25-24(28)18(2)33-23(27)10-8-19-7-9-21(31-3)22(16-19)34(29,30)26-11-13-32-14-12-26/h4-10,15-16,18H,11-14H2,1-3H3,(H,25,28)/b10-8+. The van der Waals surface area contributed by atoms with Crippen molar-refractivity contribution in [2.24, 2.45) is 0 Å². The van der Waals surface area contributed by atoms with E-state index in [0.717, 1.165) is 11.6 Å². The van der Waals surface area contributed by atoms with Crippen molar-refractivity contribution in [3.63, 3.8) is 0 Å². The first-order valence-electron chi connectivity index (χ1n) is 10.7. The monoisotopic (exact) mass is 488 g/mol. The zero-order chi connectivity index (χ0) is 24.7. The topological polar surface area (TPSA) is 111 Å². The molecule has 1 aliphatic rings. The van der Waals surface area contributed by atoms with Crippen LogP contribution in [0.1, 0.15) is 18.1 Å². The van der Waals surface area contributed by atoms with E-state index in [1.165, 1.54) is 36.5 Å². The second kappa shape index (κ2) is 11.3. The molecule has 1 saturated heterocycles. The first-order valence-corrected chi connectivity index (χ1v) is 12.2. The van der Waals surface area contributed by atoms with Crippen molar-refractivity contribution in [2.75, 3.05) is 38.7 Å². The molecular weight excluding hydrogens is 460 g/mol. The summed E-state index contributed by atoms with van der Waals surface area (Å²) in [5.74, 6) is -0.997. The smallest absolute Gasteiger partial charge is 0.331 e. The highest BCUT2D eigenvalue weighted by molar-refractivity contribution is 7.89. The number of rotatable bonds is 8. The van der Waals surface area contributed by atoms with Crippen LogP contribution in [-0.4, -0.2) is 64.1 Å². The van der Waals surface area contributed by atoms with Gasteiger partial charge in [0.15, 0.2) is 6.10 Å². The molecule has 34 heavy (non-hydrogen) atoms. The zero-order valence-electron chi connectivity index (χ0n) is 19.3. The lowest BCUT2D eigenvalue weighted by Gasteiger charge is -2.26. The summed E-state index contributed by atoms with van der Waals surface area (Å²) in [7, 11) is -2.41. The third-order valence-corrected chi connectivity index (χ3v) is 7.06. The summed E-state index contributed by atoms with van der Waals surface area (Å²) >= 11 is 0. The number of hydrogen-bond acceptors (Lipinski definition) is 7.